The maximum atomic E-state index is 6.15. The summed E-state index contributed by atoms with van der Waals surface area (Å²) in [6, 6.07) is 11.8. The van der Waals surface area contributed by atoms with Crippen molar-refractivity contribution >= 4 is 6.02 Å². The van der Waals surface area contributed by atoms with Crippen LogP contribution in [-0.2, 0) is 15.0 Å². The summed E-state index contributed by atoms with van der Waals surface area (Å²) in [5.41, 5.74) is 8.85. The first kappa shape index (κ1) is 20.0. The number of hydrogen-bond donors (Lipinski definition) is 1. The molecule has 1 atom stereocenters. The number of ether oxygens (including phenoxy) is 3. The Hall–Kier alpha value is -3.89. The van der Waals surface area contributed by atoms with Gasteiger partial charge in [0.1, 0.15) is 18.0 Å². The lowest BCUT2D eigenvalue weighted by Gasteiger charge is -2.33. The van der Waals surface area contributed by atoms with E-state index in [1.54, 1.807) is 25.7 Å². The predicted octanol–water partition coefficient (Wildman–Crippen LogP) is 3.61. The van der Waals surface area contributed by atoms with E-state index in [0.717, 1.165) is 27.8 Å². The van der Waals surface area contributed by atoms with Crippen LogP contribution in [-0.4, -0.2) is 35.3 Å². The number of amidine groups is 1. The zero-order chi connectivity index (χ0) is 22.3. The monoisotopic (exact) mass is 426 g/mol. The van der Waals surface area contributed by atoms with Gasteiger partial charge in [-0.05, 0) is 44.2 Å². The molecular weight excluding hydrogens is 404 g/mol. The third-order valence-electron chi connectivity index (χ3n) is 5.67. The Morgan fingerprint density at radius 2 is 2.00 bits per heavy atom. The number of methoxy groups -OCH3 is 1. The second-order valence-corrected chi connectivity index (χ2v) is 8.19. The summed E-state index contributed by atoms with van der Waals surface area (Å²) in [5, 5.41) is 0. The molecule has 7 nitrogen and oxygen atoms in total. The number of pyridine rings is 2. The highest BCUT2D eigenvalue weighted by Crippen LogP contribution is 2.50. The normalized spacial score (nSPS) is 18.5. The van der Waals surface area contributed by atoms with Crippen LogP contribution < -0.4 is 10.5 Å². The summed E-state index contributed by atoms with van der Waals surface area (Å²) < 4.78 is 17.2. The fourth-order valence-electron chi connectivity index (χ4n) is 3.77. The fraction of sp³-hybridized carbons (Fsp3) is 0.240. The molecule has 5 rings (SSSR count). The van der Waals surface area contributed by atoms with Crippen LogP contribution >= 0.6 is 0 Å². The van der Waals surface area contributed by atoms with Crippen LogP contribution in [0.25, 0.3) is 11.1 Å². The molecule has 2 N–H and O–H groups in total. The molecule has 7 heteroatoms. The summed E-state index contributed by atoms with van der Waals surface area (Å²) in [5.74, 6) is 7.46. The molecule has 1 aromatic carbocycles. The smallest absolute Gasteiger partial charge is 0.283 e. The molecule has 32 heavy (non-hydrogen) atoms. The molecule has 0 saturated heterocycles. The molecule has 1 spiro atoms. The Morgan fingerprint density at radius 3 is 2.72 bits per heavy atom. The van der Waals surface area contributed by atoms with Gasteiger partial charge in [-0.3, -0.25) is 4.98 Å². The Kier molecular flexibility index (Phi) is 4.61. The molecule has 0 fully saturated rings. The van der Waals surface area contributed by atoms with E-state index in [4.69, 9.17) is 24.9 Å². The molecule has 0 saturated carbocycles. The van der Waals surface area contributed by atoms with E-state index < -0.39 is 11.1 Å². The van der Waals surface area contributed by atoms with E-state index in [1.807, 2.05) is 50.2 Å². The van der Waals surface area contributed by atoms with E-state index in [0.29, 0.717) is 11.6 Å². The van der Waals surface area contributed by atoms with Gasteiger partial charge in [0, 0.05) is 48.0 Å². The van der Waals surface area contributed by atoms with Crippen LogP contribution in [0.5, 0.6) is 11.6 Å². The summed E-state index contributed by atoms with van der Waals surface area (Å²) in [4.78, 5) is 13.5. The van der Waals surface area contributed by atoms with Gasteiger partial charge in [0.05, 0.1) is 5.56 Å². The number of aromatic nitrogens is 2. The van der Waals surface area contributed by atoms with Crippen LogP contribution in [0.4, 0.5) is 0 Å². The molecule has 2 aliphatic heterocycles. The molecule has 0 bridgehead atoms. The first-order chi connectivity index (χ1) is 15.4. The first-order valence-corrected chi connectivity index (χ1v) is 10.2. The van der Waals surface area contributed by atoms with Crippen molar-refractivity contribution < 1.29 is 14.2 Å². The Morgan fingerprint density at radius 1 is 1.12 bits per heavy atom. The molecule has 3 aromatic rings. The summed E-state index contributed by atoms with van der Waals surface area (Å²) in [7, 11) is 1.64. The third kappa shape index (κ3) is 3.35. The average Bonchev–Trinajstić information content (AvgIpc) is 3.21. The Bertz CT molecular complexity index is 1290. The molecule has 4 heterocycles. The van der Waals surface area contributed by atoms with Crippen LogP contribution in [0.3, 0.4) is 0 Å². The van der Waals surface area contributed by atoms with Crippen molar-refractivity contribution in [2.24, 2.45) is 10.7 Å². The maximum Gasteiger partial charge on any atom is 0.283 e. The number of nitrogens with zero attached hydrogens (tertiary/aromatic N) is 3. The molecule has 2 aliphatic rings. The molecule has 0 unspecified atom stereocenters. The minimum atomic E-state index is -0.868. The van der Waals surface area contributed by atoms with Crippen molar-refractivity contribution in [3.63, 3.8) is 0 Å². The van der Waals surface area contributed by atoms with E-state index in [1.165, 1.54) is 0 Å². The number of aliphatic imine (C=N–C) groups is 1. The summed E-state index contributed by atoms with van der Waals surface area (Å²) >= 11 is 0. The minimum absolute atomic E-state index is 0.132. The lowest BCUT2D eigenvalue weighted by molar-refractivity contribution is 0.0742. The van der Waals surface area contributed by atoms with Crippen molar-refractivity contribution in [1.82, 2.24) is 9.97 Å². The van der Waals surface area contributed by atoms with Gasteiger partial charge in [-0.25, -0.2) is 9.98 Å². The first-order valence-electron chi connectivity index (χ1n) is 10.2. The van der Waals surface area contributed by atoms with E-state index >= 15 is 0 Å². The van der Waals surface area contributed by atoms with Crippen molar-refractivity contribution in [1.29, 1.82) is 0 Å². The van der Waals surface area contributed by atoms with Gasteiger partial charge in [0.15, 0.2) is 5.54 Å². The van der Waals surface area contributed by atoms with Gasteiger partial charge < -0.3 is 19.9 Å². The second-order valence-electron chi connectivity index (χ2n) is 8.19. The Labute approximate surface area is 186 Å². The van der Waals surface area contributed by atoms with Crippen LogP contribution in [0.1, 0.15) is 30.5 Å². The number of benzene rings is 1. The standard InChI is InChI=1S/C25H22N4O3/c1-24(2,30-3)9-8-16-6-7-21-19(11-16)25(15-31-23(26)29-25)20-12-18(14-28-22(20)32-21)17-5-4-10-27-13-17/h4-7,10-14H,15H2,1-3H3,(H2,26,29)/t25-/m1/s1. The van der Waals surface area contributed by atoms with Gasteiger partial charge in [0.2, 0.25) is 5.88 Å². The molecule has 0 radical (unpaired) electrons. The van der Waals surface area contributed by atoms with Gasteiger partial charge in [-0.15, -0.1) is 0 Å². The fourth-order valence-corrected chi connectivity index (χ4v) is 3.77. The average molecular weight is 426 g/mol. The zero-order valence-corrected chi connectivity index (χ0v) is 18.0. The minimum Gasteiger partial charge on any atom is -0.462 e. The van der Waals surface area contributed by atoms with E-state index in [9.17, 15) is 0 Å². The number of nitrogens with two attached hydrogens (primary N) is 1. The number of hydrogen-bond acceptors (Lipinski definition) is 7. The van der Waals surface area contributed by atoms with Crippen molar-refractivity contribution in [3.05, 3.63) is 71.7 Å². The summed E-state index contributed by atoms with van der Waals surface area (Å²) in [6.45, 7) is 4.09. The molecule has 0 aliphatic carbocycles. The van der Waals surface area contributed by atoms with Crippen LogP contribution in [0, 0.1) is 11.8 Å². The van der Waals surface area contributed by atoms with Crippen molar-refractivity contribution in [2.75, 3.05) is 13.7 Å². The second kappa shape index (κ2) is 7.36. The zero-order valence-electron chi connectivity index (χ0n) is 18.0. The highest BCUT2D eigenvalue weighted by atomic mass is 16.5. The van der Waals surface area contributed by atoms with E-state index in [-0.39, 0.29) is 12.6 Å². The largest absolute Gasteiger partial charge is 0.462 e. The number of rotatable bonds is 2. The van der Waals surface area contributed by atoms with Gasteiger partial charge in [-0.1, -0.05) is 17.9 Å². The SMILES string of the molecule is COC(C)(C)C#Cc1ccc2c(c1)[C@]1(COC(N)=N1)c1cc(-c3cccnc3)cnc1O2. The van der Waals surface area contributed by atoms with Crippen molar-refractivity contribution in [2.45, 2.75) is 25.0 Å². The lowest BCUT2D eigenvalue weighted by atomic mass is 9.81. The van der Waals surface area contributed by atoms with Gasteiger partial charge in [-0.2, -0.15) is 0 Å². The van der Waals surface area contributed by atoms with Gasteiger partial charge in [0.25, 0.3) is 6.02 Å². The molecule has 160 valence electrons. The Balaban J connectivity index is 1.66. The molecular formula is C25H22N4O3. The molecule has 0 amide bonds. The highest BCUT2D eigenvalue weighted by Gasteiger charge is 2.47. The highest BCUT2D eigenvalue weighted by molar-refractivity contribution is 5.77. The third-order valence-corrected chi connectivity index (χ3v) is 5.67. The van der Waals surface area contributed by atoms with Gasteiger partial charge >= 0.3 is 0 Å². The quantitative estimate of drug-likeness (QED) is 0.630. The molecule has 2 aromatic heterocycles. The number of fused-ring (bicyclic) bond motifs is 4. The topological polar surface area (TPSA) is 91.9 Å². The van der Waals surface area contributed by atoms with Crippen LogP contribution in [0.2, 0.25) is 0 Å². The lowest BCUT2D eigenvalue weighted by Crippen LogP contribution is -2.31. The summed E-state index contributed by atoms with van der Waals surface area (Å²) in [6.07, 6.45) is 5.30. The van der Waals surface area contributed by atoms with E-state index in [2.05, 4.69) is 21.8 Å². The maximum absolute atomic E-state index is 6.15. The predicted molar refractivity (Wildman–Crippen MR) is 120 cm³/mol. The van der Waals surface area contributed by atoms with Crippen molar-refractivity contribution in [3.8, 4) is 34.6 Å². The van der Waals surface area contributed by atoms with Crippen LogP contribution in [0.15, 0.2) is 60.0 Å².